The van der Waals surface area contributed by atoms with E-state index in [9.17, 15) is 0 Å². The summed E-state index contributed by atoms with van der Waals surface area (Å²) < 4.78 is 12.5. The molecule has 8 heterocycles. The van der Waals surface area contributed by atoms with Crippen LogP contribution in [-0.2, 0) is 9.47 Å². The van der Waals surface area contributed by atoms with Crippen molar-refractivity contribution < 1.29 is 9.47 Å². The quantitative estimate of drug-likeness (QED) is 0.226. The summed E-state index contributed by atoms with van der Waals surface area (Å²) in [6.07, 6.45) is 38.4. The van der Waals surface area contributed by atoms with Crippen molar-refractivity contribution in [1.29, 1.82) is 0 Å². The van der Waals surface area contributed by atoms with Crippen LogP contribution in [0.5, 0.6) is 0 Å². The highest BCUT2D eigenvalue weighted by atomic mass is 16.5. The molecule has 8 nitrogen and oxygen atoms in total. The number of likely N-dealkylation sites (tertiary alicyclic amines) is 6. The largest absolute Gasteiger partial charge is 0.375 e. The number of piperidine rings is 6. The molecule has 534 valence electrons. The zero-order valence-electron chi connectivity index (χ0n) is 65.9. The maximum atomic E-state index is 6.39. The van der Waals surface area contributed by atoms with Crippen molar-refractivity contribution >= 4 is 0 Å². The van der Waals surface area contributed by atoms with Crippen molar-refractivity contribution in [2.45, 2.75) is 315 Å². The monoisotopic (exact) mass is 1270 g/mol. The van der Waals surface area contributed by atoms with Crippen LogP contribution in [0.25, 0.3) is 0 Å². The Hall–Kier alpha value is -0.320. The van der Waals surface area contributed by atoms with Crippen LogP contribution in [0.2, 0.25) is 0 Å². The molecule has 5 atom stereocenters. The summed E-state index contributed by atoms with van der Waals surface area (Å²) in [5.41, 5.74) is 5.89. The third kappa shape index (κ3) is 26.4. The van der Waals surface area contributed by atoms with Gasteiger partial charge >= 0.3 is 0 Å². The van der Waals surface area contributed by atoms with E-state index in [2.05, 4.69) is 196 Å². The molecule has 8 aliphatic heterocycles. The van der Waals surface area contributed by atoms with Crippen LogP contribution in [0.4, 0.5) is 0 Å². The minimum Gasteiger partial charge on any atom is -0.375 e. The van der Waals surface area contributed by atoms with Gasteiger partial charge in [0.05, 0.1) is 23.9 Å². The van der Waals surface area contributed by atoms with Crippen LogP contribution in [0.15, 0.2) is 0 Å². The first kappa shape index (κ1) is 78.0. The van der Waals surface area contributed by atoms with E-state index in [0.29, 0.717) is 38.6 Å². The predicted octanol–water partition coefficient (Wildman–Crippen LogP) is 19.6. The van der Waals surface area contributed by atoms with Gasteiger partial charge in [-0.15, -0.1) is 0 Å². The van der Waals surface area contributed by atoms with Gasteiger partial charge in [0, 0.05) is 39.3 Å². The van der Waals surface area contributed by atoms with Crippen LogP contribution in [0, 0.1) is 90.2 Å². The van der Waals surface area contributed by atoms with E-state index >= 15 is 0 Å². The molecule has 8 saturated heterocycles. The lowest BCUT2D eigenvalue weighted by Crippen LogP contribution is -2.46. The first-order valence-electron chi connectivity index (χ1n) is 39.4. The predicted molar refractivity (Wildman–Crippen MR) is 394 cm³/mol. The van der Waals surface area contributed by atoms with E-state index in [1.54, 1.807) is 0 Å². The van der Waals surface area contributed by atoms with Gasteiger partial charge in [0.1, 0.15) is 0 Å². The van der Waals surface area contributed by atoms with Crippen molar-refractivity contribution in [3.63, 3.8) is 0 Å². The minimum atomic E-state index is 0.252. The van der Waals surface area contributed by atoms with E-state index < -0.39 is 0 Å². The molecular weight excluding hydrogens is 1110 g/mol. The van der Waals surface area contributed by atoms with Gasteiger partial charge in [-0.25, -0.2) is 0 Å². The molecule has 0 radical (unpaired) electrons. The second kappa shape index (κ2) is 31.5. The second-order valence-electron chi connectivity index (χ2n) is 42.7. The SMILES string of the molecule is CN1CC2C(CCC(C)(C)C)C2C1.CN1CCC2(CC1)CC(CC(C)(C)C)C2.CN1CCC2(CC1)CC(CC(C)(C)C)CO2.CN1CCC2(CC1)CC(CCC(C)(C)C)C2.CN1CCC2(CC1)CC2CCC(C)(C)C.CN1CCC2(CCC(CC(C)(C)C)O2)CC1. The van der Waals surface area contributed by atoms with Crippen LogP contribution in [0.3, 0.4) is 0 Å². The Morgan fingerprint density at radius 3 is 1.14 bits per heavy atom. The smallest absolute Gasteiger partial charge is 0.0711 e. The van der Waals surface area contributed by atoms with Crippen molar-refractivity contribution in [2.75, 3.05) is 127 Å². The fraction of sp³-hybridized carbons (Fsp3) is 1.00. The molecule has 0 amide bonds. The van der Waals surface area contributed by atoms with Gasteiger partial charge < -0.3 is 38.9 Å². The molecule has 4 aliphatic carbocycles. The summed E-state index contributed by atoms with van der Waals surface area (Å²) in [7, 11) is 13.5. The zero-order valence-corrected chi connectivity index (χ0v) is 65.9. The fourth-order valence-electron chi connectivity index (χ4n) is 19.6. The number of rotatable bonds is 9. The maximum Gasteiger partial charge on any atom is 0.0711 e. The van der Waals surface area contributed by atoms with E-state index in [4.69, 9.17) is 9.47 Å². The Balaban J connectivity index is 0.000000155. The van der Waals surface area contributed by atoms with Crippen LogP contribution >= 0.6 is 0 Å². The van der Waals surface area contributed by atoms with E-state index in [-0.39, 0.29) is 11.2 Å². The highest BCUT2D eigenvalue weighted by Gasteiger charge is 2.55. The number of fused-ring (bicyclic) bond motifs is 1. The summed E-state index contributed by atoms with van der Waals surface area (Å²) in [5.74, 6) is 7.21. The topological polar surface area (TPSA) is 37.9 Å². The Morgan fingerprint density at radius 1 is 0.341 bits per heavy atom. The van der Waals surface area contributed by atoms with E-state index in [1.165, 1.54) is 252 Å². The van der Waals surface area contributed by atoms with Gasteiger partial charge in [-0.2, -0.15) is 0 Å². The molecule has 0 aromatic carbocycles. The van der Waals surface area contributed by atoms with Crippen molar-refractivity contribution in [3.05, 3.63) is 0 Å². The molecule has 0 bridgehead atoms. The fourth-order valence-corrected chi connectivity index (χ4v) is 19.6. The van der Waals surface area contributed by atoms with Gasteiger partial charge in [0.25, 0.3) is 0 Å². The molecule has 12 rings (SSSR count). The first-order chi connectivity index (χ1) is 41.9. The Labute approximate surface area is 568 Å². The second-order valence-corrected chi connectivity index (χ2v) is 42.7. The van der Waals surface area contributed by atoms with Gasteiger partial charge in [0.2, 0.25) is 0 Å². The highest BCUT2D eigenvalue weighted by molar-refractivity contribution is 5.06. The molecule has 0 N–H and O–H groups in total. The van der Waals surface area contributed by atoms with Crippen LogP contribution < -0.4 is 0 Å². The van der Waals surface area contributed by atoms with Gasteiger partial charge in [-0.1, -0.05) is 125 Å². The lowest BCUT2D eigenvalue weighted by Gasteiger charge is -2.53. The number of ether oxygens (including phenoxy) is 2. The van der Waals surface area contributed by atoms with Crippen molar-refractivity contribution in [2.24, 2.45) is 90.2 Å². The van der Waals surface area contributed by atoms with E-state index in [0.717, 1.165) is 64.3 Å². The van der Waals surface area contributed by atoms with Gasteiger partial charge in [-0.3, -0.25) is 0 Å². The molecule has 5 spiro atoms. The Bertz CT molecular complexity index is 2010. The number of hydrogen-bond donors (Lipinski definition) is 0. The van der Waals surface area contributed by atoms with Crippen molar-refractivity contribution in [1.82, 2.24) is 29.4 Å². The zero-order chi connectivity index (χ0) is 67.3. The lowest BCUT2D eigenvalue weighted by atomic mass is 9.55. The Kier molecular flexibility index (Phi) is 27.0. The Morgan fingerprint density at radius 2 is 0.714 bits per heavy atom. The molecule has 5 unspecified atom stereocenters. The van der Waals surface area contributed by atoms with Crippen LogP contribution in [0.1, 0.15) is 298 Å². The summed E-state index contributed by atoms with van der Waals surface area (Å²) in [5, 5.41) is 0. The average Bonchev–Trinajstić information content (AvgIpc) is 1.71. The summed E-state index contributed by atoms with van der Waals surface area (Å²) in [6.45, 7) is 59.0. The normalized spacial score (nSPS) is 31.0. The third-order valence-corrected chi connectivity index (χ3v) is 25.7. The molecule has 12 fully saturated rings. The standard InChI is InChI=1S/C15H29N.2C14H27NO.2C14H27N.C12H23N/c1-14(2,3)6-5-13-11-15(12-13)7-9-16(4)10-8-15;1-13(2,3)9-12-10-14(16-11-12)5-7-15(4)8-6-14;1-13(2,3)11-12-5-6-14(16-12)7-9-15(4)10-8-14;1-13(2,3)9-12-10-14(11-12)5-7-15(4)8-6-14;1-13(2,3)6-5-12-11-14(12)7-9-15(4)10-8-14;1-12(2,3)6-5-9-10-7-13(4)8-11(9)10/h13H,5-12H2,1-4H3;2*12H,5-11H2,1-4H3;2*12H,5-11H2,1-4H3;9-11H,5-8H2,1-4H3. The summed E-state index contributed by atoms with van der Waals surface area (Å²) in [6, 6.07) is 0. The molecular formula is C83H160N6O2. The highest BCUT2D eigenvalue weighted by Crippen LogP contribution is 2.62. The third-order valence-electron chi connectivity index (χ3n) is 25.7. The molecule has 0 aromatic rings. The summed E-state index contributed by atoms with van der Waals surface area (Å²) in [4.78, 5) is 14.8. The molecule has 91 heavy (non-hydrogen) atoms. The number of hydrogen-bond acceptors (Lipinski definition) is 8. The lowest BCUT2D eigenvalue weighted by molar-refractivity contribution is -0.0828. The van der Waals surface area contributed by atoms with Gasteiger partial charge in [-0.05, 0) is 345 Å². The van der Waals surface area contributed by atoms with E-state index in [1.807, 2.05) is 0 Å². The maximum absolute atomic E-state index is 6.39. The van der Waals surface area contributed by atoms with Crippen LogP contribution in [-0.4, -0.2) is 174 Å². The number of nitrogens with zero attached hydrogens (tertiary/aromatic N) is 6. The summed E-state index contributed by atoms with van der Waals surface area (Å²) >= 11 is 0. The average molecular weight is 1270 g/mol. The molecule has 4 saturated carbocycles. The molecule has 8 heteroatoms. The first-order valence-corrected chi connectivity index (χ1v) is 39.4. The van der Waals surface area contributed by atoms with Crippen molar-refractivity contribution in [3.8, 4) is 0 Å². The molecule has 12 aliphatic rings. The van der Waals surface area contributed by atoms with Gasteiger partial charge in [0.15, 0.2) is 0 Å². The molecule has 0 aromatic heterocycles. The minimum absolute atomic E-state index is 0.252.